The SMILES string of the molecule is CC1(C)CCN([C@H]2CCN(c3ncnc4c3C3(CCC3)CN4c3cc(C#N)ccn3)C2)C1=O. The Balaban J connectivity index is 1.34. The van der Waals surface area contributed by atoms with Gasteiger partial charge in [0.1, 0.15) is 23.8 Å². The summed E-state index contributed by atoms with van der Waals surface area (Å²) in [6, 6.07) is 6.04. The number of pyridine rings is 1. The van der Waals surface area contributed by atoms with E-state index in [0.29, 0.717) is 5.56 Å². The van der Waals surface area contributed by atoms with Gasteiger partial charge in [0.25, 0.3) is 0 Å². The van der Waals surface area contributed by atoms with Crippen LogP contribution in [0.3, 0.4) is 0 Å². The maximum absolute atomic E-state index is 12.9. The maximum atomic E-state index is 12.9. The first kappa shape index (κ1) is 20.4. The average molecular weight is 444 g/mol. The third-order valence-electron chi connectivity index (χ3n) is 8.24. The summed E-state index contributed by atoms with van der Waals surface area (Å²) in [5.74, 6) is 3.00. The summed E-state index contributed by atoms with van der Waals surface area (Å²) in [6.45, 7) is 7.52. The molecule has 1 aliphatic carbocycles. The molecule has 8 heteroatoms. The number of nitrogens with zero attached hydrogens (tertiary/aromatic N) is 7. The standard InChI is InChI=1S/C25H29N7O/c1-24(2)8-11-31(23(24)33)18-5-10-30(14-18)21-20-22(29-16-28-21)32(15-25(20)6-3-7-25)19-12-17(13-26)4-9-27-19/h4,9,12,16,18H,3,5-8,10-11,14-15H2,1-2H3/t18-/m0/s1. The lowest BCUT2D eigenvalue weighted by Crippen LogP contribution is -2.42. The van der Waals surface area contributed by atoms with Gasteiger partial charge in [-0.15, -0.1) is 0 Å². The second kappa shape index (κ2) is 7.14. The van der Waals surface area contributed by atoms with Crippen LogP contribution in [0, 0.1) is 16.7 Å². The number of amides is 1. The number of carbonyl (C=O) groups is 1. The fraction of sp³-hybridized carbons (Fsp3) is 0.560. The Morgan fingerprint density at radius 3 is 2.64 bits per heavy atom. The normalized spacial score (nSPS) is 24.8. The summed E-state index contributed by atoms with van der Waals surface area (Å²) in [7, 11) is 0. The lowest BCUT2D eigenvalue weighted by Gasteiger charge is -2.40. The topological polar surface area (TPSA) is 89.2 Å². The van der Waals surface area contributed by atoms with E-state index in [1.807, 2.05) is 6.07 Å². The summed E-state index contributed by atoms with van der Waals surface area (Å²) >= 11 is 0. The van der Waals surface area contributed by atoms with Crippen molar-refractivity contribution in [1.29, 1.82) is 5.26 Å². The van der Waals surface area contributed by atoms with Crippen LogP contribution in [0.5, 0.6) is 0 Å². The molecular weight excluding hydrogens is 414 g/mol. The van der Waals surface area contributed by atoms with Crippen LogP contribution in [-0.2, 0) is 10.2 Å². The smallest absolute Gasteiger partial charge is 0.228 e. The summed E-state index contributed by atoms with van der Waals surface area (Å²) < 4.78 is 0. The molecule has 5 heterocycles. The summed E-state index contributed by atoms with van der Waals surface area (Å²) in [5.41, 5.74) is 1.63. The van der Waals surface area contributed by atoms with Crippen LogP contribution in [0.25, 0.3) is 0 Å². The third-order valence-corrected chi connectivity index (χ3v) is 8.24. The number of nitriles is 1. The van der Waals surface area contributed by atoms with Crippen molar-refractivity contribution in [2.75, 3.05) is 36.0 Å². The number of hydrogen-bond donors (Lipinski definition) is 0. The van der Waals surface area contributed by atoms with Crippen LogP contribution in [0.4, 0.5) is 17.5 Å². The van der Waals surface area contributed by atoms with Crippen molar-refractivity contribution in [2.45, 2.75) is 57.4 Å². The van der Waals surface area contributed by atoms with Gasteiger partial charge >= 0.3 is 0 Å². The molecule has 3 fully saturated rings. The van der Waals surface area contributed by atoms with Crippen molar-refractivity contribution in [3.63, 3.8) is 0 Å². The van der Waals surface area contributed by atoms with E-state index in [1.54, 1.807) is 18.6 Å². The zero-order valence-corrected chi connectivity index (χ0v) is 19.3. The van der Waals surface area contributed by atoms with Crippen molar-refractivity contribution < 1.29 is 4.79 Å². The summed E-state index contributed by atoms with van der Waals surface area (Å²) in [6.07, 6.45) is 8.69. The second-order valence-corrected chi connectivity index (χ2v) is 10.7. The number of aromatic nitrogens is 3. The minimum Gasteiger partial charge on any atom is -0.354 e. The van der Waals surface area contributed by atoms with Crippen LogP contribution >= 0.6 is 0 Å². The second-order valence-electron chi connectivity index (χ2n) is 10.7. The molecule has 2 saturated heterocycles. The zero-order valence-electron chi connectivity index (χ0n) is 19.3. The van der Waals surface area contributed by atoms with Gasteiger partial charge in [0.15, 0.2) is 0 Å². The van der Waals surface area contributed by atoms with Gasteiger partial charge in [-0.05, 0) is 37.8 Å². The first-order chi connectivity index (χ1) is 15.9. The molecule has 0 aromatic carbocycles. The molecule has 1 amide bonds. The van der Waals surface area contributed by atoms with Crippen LogP contribution < -0.4 is 9.80 Å². The van der Waals surface area contributed by atoms with E-state index in [9.17, 15) is 10.1 Å². The molecule has 8 nitrogen and oxygen atoms in total. The van der Waals surface area contributed by atoms with Gasteiger partial charge in [-0.1, -0.05) is 20.3 Å². The molecule has 6 rings (SSSR count). The molecule has 0 radical (unpaired) electrons. The lowest BCUT2D eigenvalue weighted by atomic mass is 9.66. The average Bonchev–Trinajstić information content (AvgIpc) is 3.48. The van der Waals surface area contributed by atoms with E-state index >= 15 is 0 Å². The predicted octanol–water partition coefficient (Wildman–Crippen LogP) is 3.15. The minimum atomic E-state index is -0.245. The fourth-order valence-corrected chi connectivity index (χ4v) is 6.11. The molecule has 0 N–H and O–H groups in total. The first-order valence-electron chi connectivity index (χ1n) is 12.0. The number of rotatable bonds is 3. The molecule has 3 aliphatic heterocycles. The molecule has 2 aromatic rings. The van der Waals surface area contributed by atoms with Crippen molar-refractivity contribution in [2.24, 2.45) is 5.41 Å². The van der Waals surface area contributed by atoms with Crippen LogP contribution in [-0.4, -0.2) is 58.0 Å². The first-order valence-corrected chi connectivity index (χ1v) is 12.0. The Labute approximate surface area is 194 Å². The number of carbonyl (C=O) groups excluding carboxylic acids is 1. The van der Waals surface area contributed by atoms with Gasteiger partial charge in [-0.2, -0.15) is 5.26 Å². The van der Waals surface area contributed by atoms with E-state index in [-0.39, 0.29) is 22.8 Å². The van der Waals surface area contributed by atoms with Crippen molar-refractivity contribution in [1.82, 2.24) is 19.9 Å². The highest BCUT2D eigenvalue weighted by atomic mass is 16.2. The van der Waals surface area contributed by atoms with Gasteiger partial charge in [0.2, 0.25) is 5.91 Å². The third kappa shape index (κ3) is 3.01. The number of hydrogen-bond acceptors (Lipinski definition) is 7. The van der Waals surface area contributed by atoms with Gasteiger partial charge in [-0.25, -0.2) is 15.0 Å². The van der Waals surface area contributed by atoms with Crippen LogP contribution in [0.2, 0.25) is 0 Å². The van der Waals surface area contributed by atoms with Gasteiger partial charge in [0, 0.05) is 48.8 Å². The Morgan fingerprint density at radius 1 is 1.12 bits per heavy atom. The summed E-state index contributed by atoms with van der Waals surface area (Å²) in [5, 5.41) is 9.36. The molecule has 1 saturated carbocycles. The van der Waals surface area contributed by atoms with E-state index in [0.717, 1.165) is 69.3 Å². The number of fused-ring (bicyclic) bond motifs is 2. The van der Waals surface area contributed by atoms with Crippen LogP contribution in [0.1, 0.15) is 57.1 Å². The fourth-order valence-electron chi connectivity index (χ4n) is 6.11. The van der Waals surface area contributed by atoms with Gasteiger partial charge in [0.05, 0.1) is 17.7 Å². The molecule has 1 spiro atoms. The molecular formula is C25H29N7O. The Hall–Kier alpha value is -3.21. The molecule has 2 aromatic heterocycles. The highest BCUT2D eigenvalue weighted by molar-refractivity contribution is 5.84. The van der Waals surface area contributed by atoms with Crippen molar-refractivity contribution >= 4 is 23.4 Å². The lowest BCUT2D eigenvalue weighted by molar-refractivity contribution is -0.136. The van der Waals surface area contributed by atoms with E-state index in [1.165, 1.54) is 12.0 Å². The molecule has 33 heavy (non-hydrogen) atoms. The predicted molar refractivity (Wildman–Crippen MR) is 124 cm³/mol. The van der Waals surface area contributed by atoms with Crippen molar-refractivity contribution in [3.8, 4) is 6.07 Å². The molecule has 1 atom stereocenters. The number of likely N-dealkylation sites (tertiary alicyclic amines) is 1. The monoisotopic (exact) mass is 443 g/mol. The van der Waals surface area contributed by atoms with E-state index in [2.05, 4.69) is 39.6 Å². The molecule has 170 valence electrons. The Bertz CT molecular complexity index is 1170. The Kier molecular flexibility index (Phi) is 4.42. The zero-order chi connectivity index (χ0) is 22.8. The molecule has 0 bridgehead atoms. The van der Waals surface area contributed by atoms with E-state index < -0.39 is 0 Å². The van der Waals surface area contributed by atoms with Gasteiger partial charge < -0.3 is 14.7 Å². The minimum absolute atomic E-state index is 0.0415. The summed E-state index contributed by atoms with van der Waals surface area (Å²) in [4.78, 5) is 33.6. The van der Waals surface area contributed by atoms with E-state index in [4.69, 9.17) is 9.97 Å². The van der Waals surface area contributed by atoms with Gasteiger partial charge in [-0.3, -0.25) is 4.79 Å². The maximum Gasteiger partial charge on any atom is 0.228 e. The number of anilines is 3. The van der Waals surface area contributed by atoms with Crippen LogP contribution in [0.15, 0.2) is 24.7 Å². The van der Waals surface area contributed by atoms with Crippen molar-refractivity contribution in [3.05, 3.63) is 35.8 Å². The highest BCUT2D eigenvalue weighted by Crippen LogP contribution is 2.56. The highest BCUT2D eigenvalue weighted by Gasteiger charge is 2.52. The molecule has 0 unspecified atom stereocenters. The quantitative estimate of drug-likeness (QED) is 0.720. The Morgan fingerprint density at radius 2 is 1.94 bits per heavy atom. The molecule has 4 aliphatic rings. The largest absolute Gasteiger partial charge is 0.354 e.